The van der Waals surface area contributed by atoms with Gasteiger partial charge in [0.25, 0.3) is 5.69 Å². The van der Waals surface area contributed by atoms with Gasteiger partial charge in [-0.1, -0.05) is 13.8 Å². The van der Waals surface area contributed by atoms with E-state index in [1.54, 1.807) is 0 Å². The van der Waals surface area contributed by atoms with Crippen molar-refractivity contribution >= 4 is 17.3 Å². The van der Waals surface area contributed by atoms with Gasteiger partial charge in [-0.25, -0.2) is 0 Å². The van der Waals surface area contributed by atoms with E-state index in [-0.39, 0.29) is 29.6 Å². The van der Waals surface area contributed by atoms with Crippen molar-refractivity contribution in [3.8, 4) is 0 Å². The molecule has 1 atom stereocenters. The van der Waals surface area contributed by atoms with Crippen molar-refractivity contribution < 1.29 is 14.8 Å². The number of carbonyl (C=O) groups is 1. The molecule has 0 aliphatic carbocycles. The topological polar surface area (TPSA) is 118 Å². The van der Waals surface area contributed by atoms with Gasteiger partial charge in [-0.3, -0.25) is 14.9 Å². The Morgan fingerprint density at radius 3 is 2.60 bits per heavy atom. The summed E-state index contributed by atoms with van der Waals surface area (Å²) in [5.74, 6) is -0.342. The quantitative estimate of drug-likeness (QED) is 0.517. The van der Waals surface area contributed by atoms with E-state index in [4.69, 9.17) is 5.73 Å². The number of anilines is 1. The number of nitrogens with one attached hydrogen (secondary N) is 1. The maximum atomic E-state index is 11.1. The zero-order valence-electron chi connectivity index (χ0n) is 11.5. The van der Waals surface area contributed by atoms with E-state index < -0.39 is 10.8 Å². The van der Waals surface area contributed by atoms with Gasteiger partial charge in [0.05, 0.1) is 11.5 Å². The van der Waals surface area contributed by atoms with Gasteiger partial charge in [0.15, 0.2) is 0 Å². The van der Waals surface area contributed by atoms with Gasteiger partial charge in [0, 0.05) is 17.7 Å². The molecule has 4 N–H and O–H groups in total. The number of primary amides is 1. The number of hydrogen-bond donors (Lipinski definition) is 3. The maximum Gasteiger partial charge on any atom is 0.292 e. The van der Waals surface area contributed by atoms with Crippen molar-refractivity contribution in [1.29, 1.82) is 0 Å². The predicted molar refractivity (Wildman–Crippen MR) is 75.6 cm³/mol. The van der Waals surface area contributed by atoms with Gasteiger partial charge in [-0.15, -0.1) is 0 Å². The van der Waals surface area contributed by atoms with E-state index in [1.165, 1.54) is 18.2 Å². The molecule has 110 valence electrons. The van der Waals surface area contributed by atoms with Crippen molar-refractivity contribution in [3.63, 3.8) is 0 Å². The molecule has 0 saturated carbocycles. The molecule has 0 fully saturated rings. The predicted octanol–water partition coefficient (Wildman–Crippen LogP) is 1.51. The molecule has 0 heterocycles. The molecule has 1 unspecified atom stereocenters. The number of amides is 1. The first kappa shape index (κ1) is 15.9. The van der Waals surface area contributed by atoms with Gasteiger partial charge in [0.2, 0.25) is 5.91 Å². The first-order chi connectivity index (χ1) is 9.35. The fraction of sp³-hybridized carbons (Fsp3) is 0.462. The summed E-state index contributed by atoms with van der Waals surface area (Å²) in [7, 11) is 0. The Hall–Kier alpha value is -2.15. The minimum absolute atomic E-state index is 0.155. The number of carbonyl (C=O) groups excluding carboxylic acids is 1. The van der Waals surface area contributed by atoms with Crippen LogP contribution in [0.4, 0.5) is 11.4 Å². The number of nitrogens with two attached hydrogens (primary N) is 1. The van der Waals surface area contributed by atoms with Crippen molar-refractivity contribution in [2.75, 3.05) is 11.9 Å². The lowest BCUT2D eigenvalue weighted by molar-refractivity contribution is -0.384. The molecular weight excluding hydrogens is 262 g/mol. The second-order valence-corrected chi connectivity index (χ2v) is 5.01. The van der Waals surface area contributed by atoms with Crippen LogP contribution in [0.15, 0.2) is 18.2 Å². The Labute approximate surface area is 116 Å². The van der Waals surface area contributed by atoms with Crippen molar-refractivity contribution in [2.45, 2.75) is 26.3 Å². The second-order valence-electron chi connectivity index (χ2n) is 5.01. The van der Waals surface area contributed by atoms with Crippen LogP contribution >= 0.6 is 0 Å². The molecule has 0 aliphatic rings. The average molecular weight is 281 g/mol. The first-order valence-electron chi connectivity index (χ1n) is 6.30. The fourth-order valence-electron chi connectivity index (χ4n) is 1.93. The minimum atomic E-state index is -0.660. The molecule has 1 rings (SSSR count). The summed E-state index contributed by atoms with van der Waals surface area (Å²) in [5.41, 5.74) is 5.38. The third-order valence-electron chi connectivity index (χ3n) is 2.81. The minimum Gasteiger partial charge on any atom is -0.394 e. The summed E-state index contributed by atoms with van der Waals surface area (Å²) in [6, 6.07) is 3.55. The van der Waals surface area contributed by atoms with E-state index in [0.717, 1.165) is 0 Å². The number of aliphatic hydroxyl groups excluding tert-OH is 1. The first-order valence-corrected chi connectivity index (χ1v) is 6.30. The van der Waals surface area contributed by atoms with Gasteiger partial charge < -0.3 is 16.2 Å². The molecule has 1 amide bonds. The molecule has 0 aliphatic heterocycles. The Bertz CT molecular complexity index is 502. The summed E-state index contributed by atoms with van der Waals surface area (Å²) in [5, 5.41) is 23.2. The van der Waals surface area contributed by atoms with Crippen LogP contribution in [0.3, 0.4) is 0 Å². The van der Waals surface area contributed by atoms with E-state index in [0.29, 0.717) is 12.3 Å². The van der Waals surface area contributed by atoms with E-state index in [1.807, 2.05) is 13.8 Å². The van der Waals surface area contributed by atoms with Crippen LogP contribution in [0.2, 0.25) is 0 Å². The fourth-order valence-corrected chi connectivity index (χ4v) is 1.93. The lowest BCUT2D eigenvalue weighted by Crippen LogP contribution is -2.26. The molecule has 1 aromatic rings. The number of nitro groups is 1. The molecule has 7 heteroatoms. The number of benzene rings is 1. The highest BCUT2D eigenvalue weighted by Gasteiger charge is 2.19. The Kier molecular flexibility index (Phi) is 5.45. The van der Waals surface area contributed by atoms with E-state index in [9.17, 15) is 20.0 Å². The molecule has 0 spiro atoms. The highest BCUT2D eigenvalue weighted by atomic mass is 16.6. The Morgan fingerprint density at radius 1 is 1.50 bits per heavy atom. The van der Waals surface area contributed by atoms with Gasteiger partial charge in [0.1, 0.15) is 5.69 Å². The lowest BCUT2D eigenvalue weighted by atomic mass is 10.0. The van der Waals surface area contributed by atoms with Crippen molar-refractivity contribution in [2.24, 2.45) is 11.7 Å². The molecular formula is C13H19N3O4. The van der Waals surface area contributed by atoms with Gasteiger partial charge in [-0.2, -0.15) is 0 Å². The normalized spacial score (nSPS) is 12.2. The van der Waals surface area contributed by atoms with Crippen molar-refractivity contribution in [3.05, 3.63) is 33.9 Å². The van der Waals surface area contributed by atoms with E-state index >= 15 is 0 Å². The average Bonchev–Trinajstić information content (AvgIpc) is 2.36. The van der Waals surface area contributed by atoms with Crippen LogP contribution in [0.25, 0.3) is 0 Å². The van der Waals surface area contributed by atoms with Crippen LogP contribution in [0.1, 0.15) is 30.6 Å². The summed E-state index contributed by atoms with van der Waals surface area (Å²) >= 11 is 0. The molecule has 7 nitrogen and oxygen atoms in total. The number of rotatable bonds is 7. The Balaban J connectivity index is 3.08. The molecule has 0 saturated heterocycles. The number of aliphatic hydroxyl groups is 1. The number of nitrogens with zero attached hydrogens (tertiary/aromatic N) is 1. The van der Waals surface area contributed by atoms with Crippen LogP contribution in [-0.2, 0) is 0 Å². The largest absolute Gasteiger partial charge is 0.394 e. The third-order valence-corrected chi connectivity index (χ3v) is 2.81. The van der Waals surface area contributed by atoms with Crippen molar-refractivity contribution in [1.82, 2.24) is 0 Å². The number of hydrogen-bond acceptors (Lipinski definition) is 5. The van der Waals surface area contributed by atoms with Crippen LogP contribution in [0.5, 0.6) is 0 Å². The monoisotopic (exact) mass is 281 g/mol. The highest BCUT2D eigenvalue weighted by molar-refractivity contribution is 5.94. The molecule has 20 heavy (non-hydrogen) atoms. The Morgan fingerprint density at radius 2 is 2.15 bits per heavy atom. The SMILES string of the molecule is CC(C)CC(CO)Nc1cc(C(N)=O)ccc1[N+](=O)[O-]. The summed E-state index contributed by atoms with van der Waals surface area (Å²) in [6.45, 7) is 3.81. The molecule has 1 aromatic carbocycles. The summed E-state index contributed by atoms with van der Waals surface area (Å²) < 4.78 is 0. The van der Waals surface area contributed by atoms with Crippen LogP contribution in [-0.4, -0.2) is 28.6 Å². The highest BCUT2D eigenvalue weighted by Crippen LogP contribution is 2.27. The van der Waals surface area contributed by atoms with Crippen LogP contribution < -0.4 is 11.1 Å². The zero-order valence-corrected chi connectivity index (χ0v) is 11.5. The summed E-state index contributed by atoms with van der Waals surface area (Å²) in [6.07, 6.45) is 0.647. The van der Waals surface area contributed by atoms with Gasteiger partial charge in [-0.05, 0) is 24.5 Å². The molecule has 0 bridgehead atoms. The van der Waals surface area contributed by atoms with E-state index in [2.05, 4.69) is 5.32 Å². The molecule has 0 radical (unpaired) electrons. The second kappa shape index (κ2) is 6.85. The van der Waals surface area contributed by atoms with Gasteiger partial charge >= 0.3 is 0 Å². The standard InChI is InChI=1S/C13H19N3O4/c1-8(2)5-10(7-17)15-11-6-9(13(14)18)3-4-12(11)16(19)20/h3-4,6,8,10,15,17H,5,7H2,1-2H3,(H2,14,18). The maximum absolute atomic E-state index is 11.1. The molecule has 0 aromatic heterocycles. The number of nitro benzene ring substituents is 1. The third kappa shape index (κ3) is 4.20. The lowest BCUT2D eigenvalue weighted by Gasteiger charge is -2.19. The smallest absolute Gasteiger partial charge is 0.292 e. The van der Waals surface area contributed by atoms with Crippen LogP contribution in [0, 0.1) is 16.0 Å². The summed E-state index contributed by atoms with van der Waals surface area (Å²) in [4.78, 5) is 21.6. The zero-order chi connectivity index (χ0) is 15.3.